The summed E-state index contributed by atoms with van der Waals surface area (Å²) in [7, 11) is 0. The Morgan fingerprint density at radius 3 is 2.53 bits per heavy atom. The average Bonchev–Trinajstić information content (AvgIpc) is 2.38. The third-order valence-electron chi connectivity index (χ3n) is 3.05. The number of aryl methyl sites for hydroxylation is 1. The summed E-state index contributed by atoms with van der Waals surface area (Å²) in [5.74, 6) is 0.414. The molecule has 1 aromatic heterocycles. The molecular weight excluding hydrogens is 216 g/mol. The van der Waals surface area contributed by atoms with E-state index in [1.54, 1.807) is 17.3 Å². The van der Waals surface area contributed by atoms with Crippen LogP contribution >= 0.6 is 0 Å². The van der Waals surface area contributed by atoms with Gasteiger partial charge in [0.05, 0.1) is 0 Å². The van der Waals surface area contributed by atoms with Crippen molar-refractivity contribution in [1.29, 1.82) is 0 Å². The molecule has 1 fully saturated rings. The number of Topliss-reactive ketones (excluding diaryl/α,β-unsaturated/α-hetero) is 1. The molecule has 0 aromatic carbocycles. The fourth-order valence-electron chi connectivity index (χ4n) is 1.96. The lowest BCUT2D eigenvalue weighted by Gasteiger charge is -2.26. The molecule has 17 heavy (non-hydrogen) atoms. The lowest BCUT2D eigenvalue weighted by molar-refractivity contribution is -0.134. The Kier molecular flexibility index (Phi) is 3.85. The summed E-state index contributed by atoms with van der Waals surface area (Å²) in [6, 6.07) is 3.85. The highest BCUT2D eigenvalue weighted by Gasteiger charge is 2.20. The van der Waals surface area contributed by atoms with Gasteiger partial charge in [-0.05, 0) is 24.1 Å². The zero-order chi connectivity index (χ0) is 12.1. The molecule has 1 amide bonds. The minimum Gasteiger partial charge on any atom is -0.342 e. The van der Waals surface area contributed by atoms with Crippen LogP contribution in [-0.4, -0.2) is 34.7 Å². The summed E-state index contributed by atoms with van der Waals surface area (Å²) in [5.41, 5.74) is 1.13. The van der Waals surface area contributed by atoms with E-state index in [9.17, 15) is 9.59 Å². The van der Waals surface area contributed by atoms with Crippen LogP contribution in [0.2, 0.25) is 0 Å². The highest BCUT2D eigenvalue weighted by molar-refractivity contribution is 5.83. The van der Waals surface area contributed by atoms with Gasteiger partial charge in [-0.2, -0.15) is 0 Å². The van der Waals surface area contributed by atoms with Gasteiger partial charge in [-0.1, -0.05) is 0 Å². The molecule has 0 saturated carbocycles. The molecular formula is C13H16N2O2. The number of rotatable bonds is 3. The fourth-order valence-corrected chi connectivity index (χ4v) is 1.96. The minimum absolute atomic E-state index is 0.148. The van der Waals surface area contributed by atoms with Gasteiger partial charge in [-0.3, -0.25) is 14.6 Å². The van der Waals surface area contributed by atoms with Gasteiger partial charge in [0.2, 0.25) is 5.91 Å². The maximum Gasteiger partial charge on any atom is 0.222 e. The third-order valence-corrected chi connectivity index (χ3v) is 3.05. The van der Waals surface area contributed by atoms with Crippen LogP contribution in [-0.2, 0) is 16.0 Å². The van der Waals surface area contributed by atoms with Crippen molar-refractivity contribution in [3.8, 4) is 0 Å². The molecule has 0 unspecified atom stereocenters. The van der Waals surface area contributed by atoms with Crippen LogP contribution in [0.3, 0.4) is 0 Å². The number of aromatic nitrogens is 1. The van der Waals surface area contributed by atoms with Crippen molar-refractivity contribution < 1.29 is 9.59 Å². The molecule has 1 aromatic rings. The number of likely N-dealkylation sites (tertiary alicyclic amines) is 1. The van der Waals surface area contributed by atoms with E-state index in [2.05, 4.69) is 4.98 Å². The second kappa shape index (κ2) is 5.57. The minimum atomic E-state index is 0.148. The topological polar surface area (TPSA) is 50.3 Å². The molecule has 0 N–H and O–H groups in total. The quantitative estimate of drug-likeness (QED) is 0.787. The summed E-state index contributed by atoms with van der Waals surface area (Å²) in [6.45, 7) is 1.18. The summed E-state index contributed by atoms with van der Waals surface area (Å²) < 4.78 is 0. The van der Waals surface area contributed by atoms with Crippen LogP contribution in [0.1, 0.15) is 24.8 Å². The highest BCUT2D eigenvalue weighted by atomic mass is 16.2. The van der Waals surface area contributed by atoms with E-state index in [1.807, 2.05) is 12.1 Å². The van der Waals surface area contributed by atoms with Crippen LogP contribution in [0, 0.1) is 0 Å². The summed E-state index contributed by atoms with van der Waals surface area (Å²) in [6.07, 6.45) is 5.75. The van der Waals surface area contributed by atoms with E-state index >= 15 is 0 Å². The summed E-state index contributed by atoms with van der Waals surface area (Å²) >= 11 is 0. The monoisotopic (exact) mass is 232 g/mol. The molecule has 0 aliphatic carbocycles. The van der Waals surface area contributed by atoms with Gasteiger partial charge in [0.15, 0.2) is 0 Å². The first-order valence-electron chi connectivity index (χ1n) is 5.94. The number of hydrogen-bond donors (Lipinski definition) is 0. The van der Waals surface area contributed by atoms with Crippen LogP contribution in [0.15, 0.2) is 24.5 Å². The van der Waals surface area contributed by atoms with E-state index < -0.39 is 0 Å². The lowest BCUT2D eigenvalue weighted by Crippen LogP contribution is -2.38. The van der Waals surface area contributed by atoms with Gasteiger partial charge in [0, 0.05) is 44.7 Å². The normalized spacial score (nSPS) is 16.0. The second-order valence-corrected chi connectivity index (χ2v) is 4.27. The molecule has 2 rings (SSSR count). The Bertz CT molecular complexity index is 393. The number of hydrogen-bond acceptors (Lipinski definition) is 3. The van der Waals surface area contributed by atoms with Crippen LogP contribution < -0.4 is 0 Å². The number of ketones is 1. The Morgan fingerprint density at radius 1 is 1.24 bits per heavy atom. The lowest BCUT2D eigenvalue weighted by atomic mass is 10.1. The Hall–Kier alpha value is -1.71. The molecule has 1 aliphatic heterocycles. The first kappa shape index (κ1) is 11.8. The average molecular weight is 232 g/mol. The number of pyridine rings is 1. The number of carbonyl (C=O) groups is 2. The van der Waals surface area contributed by atoms with Crippen molar-refractivity contribution in [2.24, 2.45) is 0 Å². The van der Waals surface area contributed by atoms with E-state index in [-0.39, 0.29) is 11.7 Å². The third kappa shape index (κ3) is 3.37. The molecule has 0 radical (unpaired) electrons. The van der Waals surface area contributed by atoms with E-state index in [0.29, 0.717) is 32.4 Å². The maximum atomic E-state index is 11.9. The van der Waals surface area contributed by atoms with Gasteiger partial charge in [0.25, 0.3) is 0 Å². The van der Waals surface area contributed by atoms with Crippen molar-refractivity contribution >= 4 is 11.7 Å². The van der Waals surface area contributed by atoms with Crippen LogP contribution in [0.25, 0.3) is 0 Å². The molecule has 4 heteroatoms. The van der Waals surface area contributed by atoms with E-state index in [1.165, 1.54) is 0 Å². The second-order valence-electron chi connectivity index (χ2n) is 4.27. The SMILES string of the molecule is O=C1CCN(C(=O)CCc2ccncc2)CC1. The smallest absolute Gasteiger partial charge is 0.222 e. The summed E-state index contributed by atoms with van der Waals surface area (Å²) in [5, 5.41) is 0. The number of nitrogens with zero attached hydrogens (tertiary/aromatic N) is 2. The zero-order valence-corrected chi connectivity index (χ0v) is 9.76. The van der Waals surface area contributed by atoms with Crippen LogP contribution in [0.4, 0.5) is 0 Å². The Labute approximate surface area is 101 Å². The zero-order valence-electron chi connectivity index (χ0n) is 9.76. The largest absolute Gasteiger partial charge is 0.342 e. The van der Waals surface area contributed by atoms with Gasteiger partial charge in [0.1, 0.15) is 5.78 Å². The van der Waals surface area contributed by atoms with Crippen molar-refractivity contribution in [1.82, 2.24) is 9.88 Å². The van der Waals surface area contributed by atoms with Gasteiger partial charge in [-0.15, -0.1) is 0 Å². The number of carbonyl (C=O) groups excluding carboxylic acids is 2. The first-order chi connectivity index (χ1) is 8.25. The van der Waals surface area contributed by atoms with Crippen molar-refractivity contribution in [3.63, 3.8) is 0 Å². The fraction of sp³-hybridized carbons (Fsp3) is 0.462. The van der Waals surface area contributed by atoms with Crippen LogP contribution in [0.5, 0.6) is 0 Å². The van der Waals surface area contributed by atoms with Gasteiger partial charge >= 0.3 is 0 Å². The van der Waals surface area contributed by atoms with Crippen molar-refractivity contribution in [3.05, 3.63) is 30.1 Å². The molecule has 4 nitrogen and oxygen atoms in total. The molecule has 1 aliphatic rings. The molecule has 0 atom stereocenters. The highest BCUT2D eigenvalue weighted by Crippen LogP contribution is 2.09. The molecule has 0 bridgehead atoms. The molecule has 0 spiro atoms. The first-order valence-corrected chi connectivity index (χ1v) is 5.94. The predicted molar refractivity (Wildman–Crippen MR) is 63.4 cm³/mol. The van der Waals surface area contributed by atoms with E-state index in [0.717, 1.165) is 12.0 Å². The predicted octanol–water partition coefficient (Wildman–Crippen LogP) is 1.21. The van der Waals surface area contributed by atoms with Crippen molar-refractivity contribution in [2.75, 3.05) is 13.1 Å². The summed E-state index contributed by atoms with van der Waals surface area (Å²) in [4.78, 5) is 28.7. The van der Waals surface area contributed by atoms with Gasteiger partial charge < -0.3 is 4.90 Å². The van der Waals surface area contributed by atoms with Crippen molar-refractivity contribution in [2.45, 2.75) is 25.7 Å². The standard InChI is InChI=1S/C13H16N2O2/c16-12-5-9-15(10-6-12)13(17)2-1-11-3-7-14-8-4-11/h3-4,7-8H,1-2,5-6,9-10H2. The van der Waals surface area contributed by atoms with E-state index in [4.69, 9.17) is 0 Å². The molecule has 90 valence electrons. The number of piperidine rings is 1. The maximum absolute atomic E-state index is 11.9. The molecule has 1 saturated heterocycles. The molecule has 2 heterocycles. The Balaban J connectivity index is 1.80. The Morgan fingerprint density at radius 2 is 1.88 bits per heavy atom. The number of amides is 1. The van der Waals surface area contributed by atoms with Gasteiger partial charge in [-0.25, -0.2) is 0 Å².